The average molecular weight is 397 g/mol. The number of nitrogens with zero attached hydrogens (tertiary/aromatic N) is 2. The van der Waals surface area contributed by atoms with Crippen LogP contribution in [0.25, 0.3) is 0 Å². The number of ether oxygens (including phenoxy) is 1. The summed E-state index contributed by atoms with van der Waals surface area (Å²) in [4.78, 5) is 7.18. The van der Waals surface area contributed by atoms with Crippen molar-refractivity contribution in [3.8, 4) is 5.75 Å². The number of benzene rings is 1. The minimum atomic E-state index is -3.00. The first-order chi connectivity index (χ1) is 12.9. The first kappa shape index (κ1) is 21.5. The van der Waals surface area contributed by atoms with E-state index in [1.54, 1.807) is 7.11 Å². The molecule has 27 heavy (non-hydrogen) atoms. The van der Waals surface area contributed by atoms with Crippen molar-refractivity contribution in [2.24, 2.45) is 4.99 Å². The van der Waals surface area contributed by atoms with Gasteiger partial charge in [0, 0.05) is 19.3 Å². The first-order valence-corrected chi connectivity index (χ1v) is 11.6. The Morgan fingerprint density at radius 3 is 2.67 bits per heavy atom. The van der Waals surface area contributed by atoms with Gasteiger partial charge in [0.1, 0.15) is 15.6 Å². The van der Waals surface area contributed by atoms with Gasteiger partial charge in [0.05, 0.1) is 25.4 Å². The summed E-state index contributed by atoms with van der Waals surface area (Å²) in [6.45, 7) is 5.79. The average Bonchev–Trinajstić information content (AvgIpc) is 3.15. The lowest BCUT2D eigenvalue weighted by Gasteiger charge is -2.27. The smallest absolute Gasteiger partial charge is 0.191 e. The third-order valence-electron chi connectivity index (χ3n) is 4.59. The maximum absolute atomic E-state index is 11.3. The van der Waals surface area contributed by atoms with Crippen molar-refractivity contribution in [1.29, 1.82) is 0 Å². The topological polar surface area (TPSA) is 83.0 Å². The molecule has 1 aromatic rings. The van der Waals surface area contributed by atoms with Crippen LogP contribution in [-0.2, 0) is 9.84 Å². The maximum Gasteiger partial charge on any atom is 0.191 e. The van der Waals surface area contributed by atoms with Crippen LogP contribution in [-0.4, -0.2) is 71.1 Å². The molecule has 2 rings (SSSR count). The van der Waals surface area contributed by atoms with Gasteiger partial charge in [0.15, 0.2) is 5.96 Å². The molecule has 2 N–H and O–H groups in total. The van der Waals surface area contributed by atoms with E-state index in [-0.39, 0.29) is 11.8 Å². The van der Waals surface area contributed by atoms with E-state index in [9.17, 15) is 8.42 Å². The van der Waals surface area contributed by atoms with E-state index in [4.69, 9.17) is 9.73 Å². The van der Waals surface area contributed by atoms with Gasteiger partial charge in [0.25, 0.3) is 0 Å². The molecule has 1 aliphatic heterocycles. The number of hydrogen-bond acceptors (Lipinski definition) is 5. The highest BCUT2D eigenvalue weighted by molar-refractivity contribution is 7.90. The van der Waals surface area contributed by atoms with Gasteiger partial charge in [-0.15, -0.1) is 0 Å². The summed E-state index contributed by atoms with van der Waals surface area (Å²) >= 11 is 0. The van der Waals surface area contributed by atoms with Gasteiger partial charge in [-0.05, 0) is 50.6 Å². The first-order valence-electron chi connectivity index (χ1n) is 9.51. The lowest BCUT2D eigenvalue weighted by molar-refractivity contribution is 0.251. The predicted molar refractivity (Wildman–Crippen MR) is 110 cm³/mol. The van der Waals surface area contributed by atoms with E-state index in [1.807, 2.05) is 19.1 Å². The fourth-order valence-corrected chi connectivity index (χ4v) is 3.68. The second-order valence-electron chi connectivity index (χ2n) is 6.81. The molecule has 1 aliphatic rings. The Hall–Kier alpha value is -1.80. The monoisotopic (exact) mass is 396 g/mol. The van der Waals surface area contributed by atoms with E-state index in [0.29, 0.717) is 19.0 Å². The highest BCUT2D eigenvalue weighted by Gasteiger charge is 2.23. The molecule has 0 bridgehead atoms. The van der Waals surface area contributed by atoms with Crippen LogP contribution < -0.4 is 15.4 Å². The van der Waals surface area contributed by atoms with Gasteiger partial charge in [-0.25, -0.2) is 8.42 Å². The summed E-state index contributed by atoms with van der Waals surface area (Å²) in [6.07, 6.45) is 3.65. The van der Waals surface area contributed by atoms with E-state index in [0.717, 1.165) is 25.4 Å². The summed E-state index contributed by atoms with van der Waals surface area (Å²) in [5.41, 5.74) is 1.19. The molecule has 1 aromatic carbocycles. The second kappa shape index (κ2) is 10.5. The molecule has 0 spiro atoms. The highest BCUT2D eigenvalue weighted by Crippen LogP contribution is 2.27. The summed E-state index contributed by atoms with van der Waals surface area (Å²) in [6, 6.07) is 8.32. The van der Waals surface area contributed by atoms with E-state index in [2.05, 4.69) is 27.7 Å². The molecule has 1 heterocycles. The summed E-state index contributed by atoms with van der Waals surface area (Å²) < 4.78 is 28.1. The molecule has 0 aromatic heterocycles. The Morgan fingerprint density at radius 2 is 2.04 bits per heavy atom. The normalized spacial score (nSPS) is 16.9. The number of sulfone groups is 1. The molecule has 1 fully saturated rings. The molecule has 152 valence electrons. The molecule has 0 saturated carbocycles. The van der Waals surface area contributed by atoms with Crippen LogP contribution in [0.2, 0.25) is 0 Å². The molecular weight excluding hydrogens is 364 g/mol. The zero-order chi connectivity index (χ0) is 19.7. The summed E-state index contributed by atoms with van der Waals surface area (Å²) in [5, 5.41) is 6.30. The van der Waals surface area contributed by atoms with Crippen LogP contribution in [0.1, 0.15) is 31.4 Å². The van der Waals surface area contributed by atoms with Crippen LogP contribution >= 0.6 is 0 Å². The molecule has 8 heteroatoms. The van der Waals surface area contributed by atoms with Crippen molar-refractivity contribution in [1.82, 2.24) is 15.5 Å². The molecule has 0 amide bonds. The SMILES string of the molecule is CCNC(=NCC(c1cccc(OC)c1)N1CCCC1)NCCS(C)(=O)=O. The molecule has 0 aliphatic carbocycles. The van der Waals surface area contributed by atoms with Gasteiger partial charge >= 0.3 is 0 Å². The Kier molecular flexibility index (Phi) is 8.37. The number of likely N-dealkylation sites (tertiary alicyclic amines) is 1. The third-order valence-corrected chi connectivity index (χ3v) is 5.54. The second-order valence-corrected chi connectivity index (χ2v) is 9.07. The van der Waals surface area contributed by atoms with Crippen molar-refractivity contribution < 1.29 is 13.2 Å². The fraction of sp³-hybridized carbons (Fsp3) is 0.632. The van der Waals surface area contributed by atoms with E-state index < -0.39 is 9.84 Å². The molecular formula is C19H32N4O3S. The van der Waals surface area contributed by atoms with Crippen molar-refractivity contribution in [2.45, 2.75) is 25.8 Å². The van der Waals surface area contributed by atoms with Crippen LogP contribution in [0.5, 0.6) is 5.75 Å². The zero-order valence-electron chi connectivity index (χ0n) is 16.6. The lowest BCUT2D eigenvalue weighted by Crippen LogP contribution is -2.40. The minimum absolute atomic E-state index is 0.0862. The quantitative estimate of drug-likeness (QED) is 0.485. The largest absolute Gasteiger partial charge is 0.497 e. The van der Waals surface area contributed by atoms with Crippen LogP contribution in [0.15, 0.2) is 29.3 Å². The van der Waals surface area contributed by atoms with E-state index >= 15 is 0 Å². The number of aliphatic imine (C=N–C) groups is 1. The summed E-state index contributed by atoms with van der Waals surface area (Å²) in [7, 11) is -1.32. The molecule has 7 nitrogen and oxygen atoms in total. The van der Waals surface area contributed by atoms with E-state index in [1.165, 1.54) is 24.7 Å². The van der Waals surface area contributed by atoms with Gasteiger partial charge in [-0.3, -0.25) is 9.89 Å². The van der Waals surface area contributed by atoms with Gasteiger partial charge in [0.2, 0.25) is 0 Å². The predicted octanol–water partition coefficient (Wildman–Crippen LogP) is 1.43. The number of methoxy groups -OCH3 is 1. The number of hydrogen-bond donors (Lipinski definition) is 2. The molecule has 1 unspecified atom stereocenters. The van der Waals surface area contributed by atoms with Crippen molar-refractivity contribution >= 4 is 15.8 Å². The van der Waals surface area contributed by atoms with Crippen LogP contribution in [0.3, 0.4) is 0 Å². The molecule has 0 radical (unpaired) electrons. The Morgan fingerprint density at radius 1 is 1.30 bits per heavy atom. The zero-order valence-corrected chi connectivity index (χ0v) is 17.4. The van der Waals surface area contributed by atoms with Crippen molar-refractivity contribution in [3.05, 3.63) is 29.8 Å². The van der Waals surface area contributed by atoms with Gasteiger partial charge < -0.3 is 15.4 Å². The van der Waals surface area contributed by atoms with Crippen molar-refractivity contribution in [2.75, 3.05) is 51.8 Å². The van der Waals surface area contributed by atoms with Crippen LogP contribution in [0, 0.1) is 0 Å². The molecule has 1 atom stereocenters. The maximum atomic E-state index is 11.3. The standard InChI is InChI=1S/C19H32N4O3S/c1-4-20-19(21-10-13-27(3,24)25)22-15-18(23-11-5-6-12-23)16-8-7-9-17(14-16)26-2/h7-9,14,18H,4-6,10-13,15H2,1-3H3,(H2,20,21,22). The number of nitrogens with one attached hydrogen (secondary N) is 2. The fourth-order valence-electron chi connectivity index (χ4n) is 3.21. The van der Waals surface area contributed by atoms with Gasteiger partial charge in [-0.2, -0.15) is 0 Å². The lowest BCUT2D eigenvalue weighted by atomic mass is 10.1. The highest BCUT2D eigenvalue weighted by atomic mass is 32.2. The van der Waals surface area contributed by atoms with Crippen molar-refractivity contribution in [3.63, 3.8) is 0 Å². The Labute approximate surface area is 163 Å². The third kappa shape index (κ3) is 7.38. The summed E-state index contributed by atoms with van der Waals surface area (Å²) in [5.74, 6) is 1.58. The van der Waals surface area contributed by atoms with Gasteiger partial charge in [-0.1, -0.05) is 12.1 Å². The molecule has 1 saturated heterocycles. The number of rotatable bonds is 9. The number of guanidine groups is 1. The Bertz CT molecular complexity index is 715. The minimum Gasteiger partial charge on any atom is -0.497 e. The Balaban J connectivity index is 2.12. The van der Waals surface area contributed by atoms with Crippen LogP contribution in [0.4, 0.5) is 0 Å².